The highest BCUT2D eigenvalue weighted by Gasteiger charge is 2.40. The van der Waals surface area contributed by atoms with E-state index in [2.05, 4.69) is 28.6 Å². The van der Waals surface area contributed by atoms with Crippen molar-refractivity contribution in [2.75, 3.05) is 0 Å². The van der Waals surface area contributed by atoms with E-state index in [-0.39, 0.29) is 12.1 Å². The first-order valence-corrected chi connectivity index (χ1v) is 9.78. The molecular formula is C23H24BrNO2. The van der Waals surface area contributed by atoms with Crippen molar-refractivity contribution in [3.63, 3.8) is 0 Å². The first-order chi connectivity index (χ1) is 12.8. The number of nitrogens with zero attached hydrogens (tertiary/aromatic N) is 1. The number of amides is 1. The maximum Gasteiger partial charge on any atom is 0.415 e. The molecule has 0 spiro atoms. The molecule has 0 saturated heterocycles. The summed E-state index contributed by atoms with van der Waals surface area (Å²) in [5.74, 6) is 0. The van der Waals surface area contributed by atoms with Gasteiger partial charge in [-0.25, -0.2) is 4.79 Å². The van der Waals surface area contributed by atoms with Crippen LogP contribution in [0, 0.1) is 6.92 Å². The summed E-state index contributed by atoms with van der Waals surface area (Å²) in [6, 6.07) is 15.8. The van der Waals surface area contributed by atoms with Gasteiger partial charge in [-0.05, 0) is 55.7 Å². The van der Waals surface area contributed by atoms with Crippen LogP contribution in [0.5, 0.6) is 0 Å². The highest BCUT2D eigenvalue weighted by molar-refractivity contribution is 9.10. The molecule has 1 unspecified atom stereocenters. The van der Waals surface area contributed by atoms with E-state index in [0.717, 1.165) is 26.7 Å². The molecule has 4 heteroatoms. The lowest BCUT2D eigenvalue weighted by atomic mass is 9.86. The predicted octanol–water partition coefficient (Wildman–Crippen LogP) is 6.65. The summed E-state index contributed by atoms with van der Waals surface area (Å²) in [6.07, 6.45) is 4.04. The van der Waals surface area contributed by atoms with E-state index >= 15 is 0 Å². The first kappa shape index (κ1) is 19.4. The average Bonchev–Trinajstić information content (AvgIpc) is 2.61. The number of benzene rings is 2. The van der Waals surface area contributed by atoms with Crippen LogP contribution >= 0.6 is 15.9 Å². The van der Waals surface area contributed by atoms with Crippen molar-refractivity contribution < 1.29 is 9.53 Å². The van der Waals surface area contributed by atoms with Crippen molar-refractivity contribution in [1.29, 1.82) is 0 Å². The van der Waals surface area contributed by atoms with Crippen molar-refractivity contribution in [3.8, 4) is 0 Å². The smallest absolute Gasteiger partial charge is 0.415 e. The summed E-state index contributed by atoms with van der Waals surface area (Å²) in [7, 11) is 0. The first-order valence-electron chi connectivity index (χ1n) is 8.99. The summed E-state index contributed by atoms with van der Waals surface area (Å²) in [6.45, 7) is 10.0. The van der Waals surface area contributed by atoms with E-state index in [9.17, 15) is 4.79 Å². The van der Waals surface area contributed by atoms with Crippen molar-refractivity contribution in [1.82, 2.24) is 4.90 Å². The van der Waals surface area contributed by atoms with Gasteiger partial charge in [-0.3, -0.25) is 4.90 Å². The van der Waals surface area contributed by atoms with Crippen LogP contribution in [0.1, 0.15) is 43.0 Å². The Hall–Kier alpha value is -2.33. The van der Waals surface area contributed by atoms with E-state index in [0.29, 0.717) is 6.42 Å². The average molecular weight is 426 g/mol. The van der Waals surface area contributed by atoms with Crippen LogP contribution in [0.3, 0.4) is 0 Å². The van der Waals surface area contributed by atoms with Crippen LogP contribution in [-0.4, -0.2) is 11.0 Å². The number of aryl methyl sites for hydroxylation is 1. The maximum absolute atomic E-state index is 13.0. The zero-order valence-corrected chi connectivity index (χ0v) is 17.5. The summed E-state index contributed by atoms with van der Waals surface area (Å²) in [5.41, 5.74) is 3.31. The van der Waals surface area contributed by atoms with Gasteiger partial charge in [0.05, 0.1) is 6.04 Å². The van der Waals surface area contributed by atoms with Crippen LogP contribution in [-0.2, 0) is 10.3 Å². The Balaban J connectivity index is 1.96. The van der Waals surface area contributed by atoms with Gasteiger partial charge in [0.25, 0.3) is 0 Å². The number of ether oxygens (including phenoxy) is 1. The van der Waals surface area contributed by atoms with Crippen LogP contribution in [0.15, 0.2) is 77.4 Å². The van der Waals surface area contributed by atoms with E-state index in [1.165, 1.54) is 0 Å². The summed E-state index contributed by atoms with van der Waals surface area (Å²) >= 11 is 3.49. The Kier molecular flexibility index (Phi) is 5.56. The van der Waals surface area contributed by atoms with Gasteiger partial charge < -0.3 is 4.74 Å². The second-order valence-electron chi connectivity index (χ2n) is 7.16. The number of rotatable bonds is 5. The normalized spacial score (nSPS) is 20.3. The van der Waals surface area contributed by atoms with E-state index < -0.39 is 5.60 Å². The Labute approximate surface area is 169 Å². The molecule has 1 aliphatic heterocycles. The molecule has 2 aromatic rings. The molecule has 27 heavy (non-hydrogen) atoms. The third-order valence-electron chi connectivity index (χ3n) is 4.91. The molecule has 140 valence electrons. The molecule has 2 aromatic carbocycles. The van der Waals surface area contributed by atoms with Gasteiger partial charge in [0.2, 0.25) is 0 Å². The third-order valence-corrected chi connectivity index (χ3v) is 5.40. The minimum absolute atomic E-state index is 0.125. The Morgan fingerprint density at radius 1 is 1.26 bits per heavy atom. The summed E-state index contributed by atoms with van der Waals surface area (Å²) < 4.78 is 7.05. The van der Waals surface area contributed by atoms with E-state index in [1.807, 2.05) is 75.5 Å². The van der Waals surface area contributed by atoms with Crippen molar-refractivity contribution in [3.05, 3.63) is 94.1 Å². The predicted molar refractivity (Wildman–Crippen MR) is 112 cm³/mol. The fourth-order valence-corrected chi connectivity index (χ4v) is 4.05. The lowest BCUT2D eigenvalue weighted by Gasteiger charge is -2.39. The van der Waals surface area contributed by atoms with Gasteiger partial charge in [0.1, 0.15) is 0 Å². The molecule has 0 N–H and O–H groups in total. The molecular weight excluding hydrogens is 402 g/mol. The van der Waals surface area contributed by atoms with E-state index in [4.69, 9.17) is 4.74 Å². The summed E-state index contributed by atoms with van der Waals surface area (Å²) in [5, 5.41) is 0. The third kappa shape index (κ3) is 4.01. The molecule has 0 aromatic heterocycles. The second-order valence-corrected chi connectivity index (χ2v) is 8.07. The molecule has 1 heterocycles. The van der Waals surface area contributed by atoms with Gasteiger partial charge in [-0.2, -0.15) is 0 Å². The Morgan fingerprint density at radius 3 is 2.56 bits per heavy atom. The van der Waals surface area contributed by atoms with Crippen LogP contribution in [0.25, 0.3) is 0 Å². The number of carbonyl (C=O) groups is 1. The molecule has 3 nitrogen and oxygen atoms in total. The minimum atomic E-state index is -0.810. The van der Waals surface area contributed by atoms with Crippen LogP contribution in [0.4, 0.5) is 4.79 Å². The molecule has 1 amide bonds. The Morgan fingerprint density at radius 2 is 1.96 bits per heavy atom. The molecule has 3 rings (SSSR count). The fourth-order valence-electron chi connectivity index (χ4n) is 3.57. The van der Waals surface area contributed by atoms with Gasteiger partial charge >= 0.3 is 6.09 Å². The van der Waals surface area contributed by atoms with Gasteiger partial charge in [-0.1, -0.05) is 64.5 Å². The summed E-state index contributed by atoms with van der Waals surface area (Å²) in [4.78, 5) is 14.6. The van der Waals surface area contributed by atoms with Crippen molar-refractivity contribution in [2.24, 2.45) is 0 Å². The topological polar surface area (TPSA) is 29.5 Å². The molecule has 0 saturated carbocycles. The van der Waals surface area contributed by atoms with Crippen LogP contribution < -0.4 is 0 Å². The zero-order valence-electron chi connectivity index (χ0n) is 15.9. The highest BCUT2D eigenvalue weighted by atomic mass is 79.9. The van der Waals surface area contributed by atoms with Gasteiger partial charge in [-0.15, -0.1) is 0 Å². The molecule has 0 bridgehead atoms. The standard InChI is InChI=1S/C23H24BrNO2/c1-16(2)15-23(19-8-6-5-7-9-19)12-13-25(22(26)27-23)18(4)21-11-10-20(24)14-17(21)3/h5-14,18H,1,15H2,2-4H3/t18-,23?/m0/s1. The molecule has 0 fully saturated rings. The Bertz CT molecular complexity index is 891. The number of halogens is 1. The largest absolute Gasteiger partial charge is 0.433 e. The van der Waals surface area contributed by atoms with Crippen molar-refractivity contribution in [2.45, 2.75) is 38.8 Å². The number of hydrogen-bond donors (Lipinski definition) is 0. The lowest BCUT2D eigenvalue weighted by Crippen LogP contribution is -2.42. The lowest BCUT2D eigenvalue weighted by molar-refractivity contribution is 0.00790. The van der Waals surface area contributed by atoms with Gasteiger partial charge in [0, 0.05) is 17.1 Å². The molecule has 2 atom stereocenters. The molecule has 0 radical (unpaired) electrons. The monoisotopic (exact) mass is 425 g/mol. The molecule has 1 aliphatic rings. The maximum atomic E-state index is 13.0. The van der Waals surface area contributed by atoms with Gasteiger partial charge in [0.15, 0.2) is 5.60 Å². The number of cyclic esters (lactones) is 1. The van der Waals surface area contributed by atoms with E-state index in [1.54, 1.807) is 4.90 Å². The quantitative estimate of drug-likeness (QED) is 0.501. The number of carbonyl (C=O) groups excluding carboxylic acids is 1. The van der Waals surface area contributed by atoms with Crippen LogP contribution in [0.2, 0.25) is 0 Å². The zero-order chi connectivity index (χ0) is 19.6. The highest BCUT2D eigenvalue weighted by Crippen LogP contribution is 2.39. The minimum Gasteiger partial charge on any atom is -0.433 e. The SMILES string of the molecule is C=C(C)CC1(c2ccccc2)C=CN([C@@H](C)c2ccc(Br)cc2C)C(=O)O1. The van der Waals surface area contributed by atoms with Crippen molar-refractivity contribution >= 4 is 22.0 Å². The fraction of sp³-hybridized carbons (Fsp3) is 0.261. The molecule has 0 aliphatic carbocycles. The number of hydrogen-bond acceptors (Lipinski definition) is 2. The second kappa shape index (κ2) is 7.73.